The van der Waals surface area contributed by atoms with Crippen molar-refractivity contribution in [1.29, 1.82) is 0 Å². The SMILES string of the molecule is CSc1nn(-c2c(F)cccc2Cl)c2nc(C)[nH]c(=O)c12. The quantitative estimate of drug-likeness (QED) is 0.736. The molecule has 0 saturated carbocycles. The summed E-state index contributed by atoms with van der Waals surface area (Å²) >= 11 is 7.36. The summed E-state index contributed by atoms with van der Waals surface area (Å²) in [5.41, 5.74) is 0.0649. The predicted octanol–water partition coefficient (Wildman–Crippen LogP) is 2.93. The van der Waals surface area contributed by atoms with Crippen molar-refractivity contribution < 1.29 is 4.39 Å². The normalized spacial score (nSPS) is 11.2. The van der Waals surface area contributed by atoms with E-state index in [1.165, 1.54) is 28.6 Å². The van der Waals surface area contributed by atoms with Crippen LogP contribution in [0.1, 0.15) is 5.82 Å². The molecule has 1 N–H and O–H groups in total. The molecule has 0 spiro atoms. The number of fused-ring (bicyclic) bond motifs is 1. The highest BCUT2D eigenvalue weighted by molar-refractivity contribution is 7.98. The van der Waals surface area contributed by atoms with Crippen molar-refractivity contribution in [2.24, 2.45) is 0 Å². The minimum Gasteiger partial charge on any atom is -0.310 e. The average Bonchev–Trinajstić information content (AvgIpc) is 2.77. The lowest BCUT2D eigenvalue weighted by atomic mass is 10.3. The number of hydrogen-bond donors (Lipinski definition) is 1. The number of benzene rings is 1. The first-order valence-corrected chi connectivity index (χ1v) is 7.61. The second-order valence-electron chi connectivity index (χ2n) is 4.34. The Morgan fingerprint density at radius 2 is 2.19 bits per heavy atom. The van der Waals surface area contributed by atoms with Gasteiger partial charge in [-0.25, -0.2) is 14.1 Å². The zero-order valence-corrected chi connectivity index (χ0v) is 12.7. The number of aromatic amines is 1. The molecule has 21 heavy (non-hydrogen) atoms. The summed E-state index contributed by atoms with van der Waals surface area (Å²) in [5.74, 6) is -0.104. The second kappa shape index (κ2) is 5.16. The third-order valence-corrected chi connectivity index (χ3v) is 3.94. The molecule has 0 fully saturated rings. The van der Waals surface area contributed by atoms with Crippen LogP contribution in [0.5, 0.6) is 0 Å². The number of rotatable bonds is 2. The molecule has 0 aliphatic heterocycles. The largest absolute Gasteiger partial charge is 0.310 e. The van der Waals surface area contributed by atoms with Gasteiger partial charge in [-0.2, -0.15) is 5.10 Å². The van der Waals surface area contributed by atoms with Crippen LogP contribution in [0, 0.1) is 12.7 Å². The van der Waals surface area contributed by atoms with Crippen LogP contribution < -0.4 is 5.56 Å². The zero-order chi connectivity index (χ0) is 15.1. The van der Waals surface area contributed by atoms with Gasteiger partial charge in [0.1, 0.15) is 27.7 Å². The Hall–Kier alpha value is -1.86. The van der Waals surface area contributed by atoms with E-state index in [-0.39, 0.29) is 21.9 Å². The number of nitrogens with zero attached hydrogens (tertiary/aromatic N) is 3. The van der Waals surface area contributed by atoms with Crippen LogP contribution in [0.4, 0.5) is 4.39 Å². The summed E-state index contributed by atoms with van der Waals surface area (Å²) in [6.45, 7) is 1.65. The maximum absolute atomic E-state index is 14.1. The molecule has 0 amide bonds. The van der Waals surface area contributed by atoms with Crippen molar-refractivity contribution >= 4 is 34.4 Å². The smallest absolute Gasteiger partial charge is 0.263 e. The van der Waals surface area contributed by atoms with Gasteiger partial charge in [-0.3, -0.25) is 4.79 Å². The van der Waals surface area contributed by atoms with Gasteiger partial charge in [0.05, 0.1) is 5.02 Å². The van der Waals surface area contributed by atoms with Crippen molar-refractivity contribution in [2.45, 2.75) is 11.9 Å². The molecule has 0 saturated heterocycles. The second-order valence-corrected chi connectivity index (χ2v) is 5.54. The maximum atomic E-state index is 14.1. The molecule has 2 aromatic heterocycles. The van der Waals surface area contributed by atoms with E-state index >= 15 is 0 Å². The fourth-order valence-electron chi connectivity index (χ4n) is 2.10. The Morgan fingerprint density at radius 3 is 2.86 bits per heavy atom. The van der Waals surface area contributed by atoms with E-state index in [1.54, 1.807) is 19.2 Å². The van der Waals surface area contributed by atoms with Gasteiger partial charge in [0.2, 0.25) is 0 Å². The van der Waals surface area contributed by atoms with Crippen LogP contribution in [0.3, 0.4) is 0 Å². The first-order chi connectivity index (χ1) is 10.0. The Balaban J connectivity index is 2.47. The van der Waals surface area contributed by atoms with Crippen LogP contribution in [-0.2, 0) is 0 Å². The molecule has 0 aliphatic rings. The fourth-order valence-corrected chi connectivity index (χ4v) is 2.89. The fraction of sp³-hybridized carbons (Fsp3) is 0.154. The highest BCUT2D eigenvalue weighted by Crippen LogP contribution is 2.29. The van der Waals surface area contributed by atoms with Gasteiger partial charge in [0, 0.05) is 0 Å². The minimum atomic E-state index is -0.528. The molecule has 0 radical (unpaired) electrons. The summed E-state index contributed by atoms with van der Waals surface area (Å²) in [7, 11) is 0. The highest BCUT2D eigenvalue weighted by Gasteiger charge is 2.20. The number of hydrogen-bond acceptors (Lipinski definition) is 4. The van der Waals surface area contributed by atoms with Crippen molar-refractivity contribution in [3.8, 4) is 5.69 Å². The molecule has 108 valence electrons. The van der Waals surface area contributed by atoms with Crippen LogP contribution in [0.15, 0.2) is 28.0 Å². The van der Waals surface area contributed by atoms with Gasteiger partial charge < -0.3 is 4.98 Å². The maximum Gasteiger partial charge on any atom is 0.263 e. The highest BCUT2D eigenvalue weighted by atomic mass is 35.5. The standard InChI is InChI=1S/C13H10ClFN4OS/c1-6-16-11-9(12(20)17-6)13(21-2)18-19(11)10-7(14)4-3-5-8(10)15/h3-5H,1-2H3,(H,16,17,20). The van der Waals surface area contributed by atoms with Gasteiger partial charge in [-0.1, -0.05) is 17.7 Å². The molecule has 3 aromatic rings. The van der Waals surface area contributed by atoms with E-state index in [4.69, 9.17) is 11.6 Å². The Morgan fingerprint density at radius 1 is 1.43 bits per heavy atom. The van der Waals surface area contributed by atoms with E-state index < -0.39 is 5.82 Å². The van der Waals surface area contributed by atoms with E-state index in [9.17, 15) is 9.18 Å². The summed E-state index contributed by atoms with van der Waals surface area (Å²) in [6.07, 6.45) is 1.79. The van der Waals surface area contributed by atoms with E-state index in [2.05, 4.69) is 15.1 Å². The number of thioether (sulfide) groups is 1. The molecule has 5 nitrogen and oxygen atoms in total. The summed E-state index contributed by atoms with van der Waals surface area (Å²) in [4.78, 5) is 19.0. The average molecular weight is 325 g/mol. The molecule has 0 bridgehead atoms. The molecule has 0 unspecified atom stereocenters. The third kappa shape index (κ3) is 2.22. The van der Waals surface area contributed by atoms with Gasteiger partial charge in [-0.05, 0) is 25.3 Å². The van der Waals surface area contributed by atoms with E-state index in [0.29, 0.717) is 16.2 Å². The summed E-state index contributed by atoms with van der Waals surface area (Å²) in [6, 6.07) is 4.35. The lowest BCUT2D eigenvalue weighted by Crippen LogP contribution is -2.11. The van der Waals surface area contributed by atoms with Gasteiger partial charge in [-0.15, -0.1) is 11.8 Å². The number of H-pyrrole nitrogens is 1. The summed E-state index contributed by atoms with van der Waals surface area (Å²) in [5, 5.41) is 5.27. The van der Waals surface area contributed by atoms with Crippen molar-refractivity contribution in [3.63, 3.8) is 0 Å². The number of halogens is 2. The van der Waals surface area contributed by atoms with E-state index in [0.717, 1.165) is 0 Å². The molecular formula is C13H10ClFN4OS. The first-order valence-electron chi connectivity index (χ1n) is 6.01. The molecular weight excluding hydrogens is 315 g/mol. The number of para-hydroxylation sites is 1. The first kappa shape index (κ1) is 14.1. The monoisotopic (exact) mass is 324 g/mol. The minimum absolute atomic E-state index is 0.0852. The van der Waals surface area contributed by atoms with Crippen molar-refractivity contribution in [3.05, 3.63) is 45.2 Å². The van der Waals surface area contributed by atoms with Gasteiger partial charge in [0.25, 0.3) is 5.56 Å². The van der Waals surface area contributed by atoms with Crippen LogP contribution >= 0.6 is 23.4 Å². The lowest BCUT2D eigenvalue weighted by molar-refractivity contribution is 0.611. The van der Waals surface area contributed by atoms with Crippen LogP contribution in [-0.4, -0.2) is 26.0 Å². The molecule has 1 aromatic carbocycles. The molecule has 3 rings (SSSR count). The zero-order valence-electron chi connectivity index (χ0n) is 11.1. The topological polar surface area (TPSA) is 63.6 Å². The lowest BCUT2D eigenvalue weighted by Gasteiger charge is -2.06. The molecule has 8 heteroatoms. The molecule has 0 atom stereocenters. The van der Waals surface area contributed by atoms with Gasteiger partial charge >= 0.3 is 0 Å². The Kier molecular flexibility index (Phi) is 3.46. The number of aryl methyl sites for hydroxylation is 1. The Labute approximate surface area is 128 Å². The van der Waals surface area contributed by atoms with E-state index in [1.807, 2.05) is 0 Å². The molecule has 0 aliphatic carbocycles. The van der Waals surface area contributed by atoms with Crippen molar-refractivity contribution in [2.75, 3.05) is 6.26 Å². The number of aromatic nitrogens is 4. The van der Waals surface area contributed by atoms with Gasteiger partial charge in [0.15, 0.2) is 5.65 Å². The summed E-state index contributed by atoms with van der Waals surface area (Å²) < 4.78 is 15.4. The molecule has 2 heterocycles. The number of nitrogens with one attached hydrogen (secondary N) is 1. The van der Waals surface area contributed by atoms with Crippen LogP contribution in [0.2, 0.25) is 5.02 Å². The van der Waals surface area contributed by atoms with Crippen molar-refractivity contribution in [1.82, 2.24) is 19.7 Å². The Bertz CT molecular complexity index is 885. The predicted molar refractivity (Wildman–Crippen MR) is 81.0 cm³/mol. The van der Waals surface area contributed by atoms with Crippen LogP contribution in [0.25, 0.3) is 16.7 Å². The third-order valence-electron chi connectivity index (χ3n) is 2.97.